The van der Waals surface area contributed by atoms with Crippen LogP contribution in [0.15, 0.2) is 29.4 Å². The summed E-state index contributed by atoms with van der Waals surface area (Å²) in [6, 6.07) is 5.24. The van der Waals surface area contributed by atoms with Crippen molar-refractivity contribution in [3.05, 3.63) is 41.2 Å². The van der Waals surface area contributed by atoms with Gasteiger partial charge in [-0.3, -0.25) is 4.79 Å². The number of hydrogen-bond acceptors (Lipinski definition) is 5. The van der Waals surface area contributed by atoms with Crippen LogP contribution in [-0.2, 0) is 34.4 Å². The summed E-state index contributed by atoms with van der Waals surface area (Å²) in [6.07, 6.45) is -1.92. The van der Waals surface area contributed by atoms with Crippen molar-refractivity contribution in [3.8, 4) is 0 Å². The highest BCUT2D eigenvalue weighted by atomic mass is 32.2. The quantitative estimate of drug-likeness (QED) is 0.671. The van der Waals surface area contributed by atoms with Crippen LogP contribution in [0.5, 0.6) is 0 Å². The Balaban J connectivity index is 1.74. The van der Waals surface area contributed by atoms with E-state index in [0.717, 1.165) is 25.0 Å². The molecular weight excluding hydrogens is 393 g/mol. The highest BCUT2D eigenvalue weighted by Crippen LogP contribution is 2.31. The molecule has 152 valence electrons. The van der Waals surface area contributed by atoms with Crippen molar-refractivity contribution in [2.75, 3.05) is 6.61 Å². The van der Waals surface area contributed by atoms with Crippen molar-refractivity contribution >= 4 is 17.7 Å². The molecule has 0 saturated carbocycles. The van der Waals surface area contributed by atoms with E-state index in [-0.39, 0.29) is 12.5 Å². The number of thioether (sulfide) groups is 1. The second kappa shape index (κ2) is 8.95. The van der Waals surface area contributed by atoms with Gasteiger partial charge in [0.2, 0.25) is 5.91 Å². The number of halogens is 3. The largest absolute Gasteiger partial charge is 0.416 e. The summed E-state index contributed by atoms with van der Waals surface area (Å²) in [7, 11) is 0. The number of hydrogen-bond donors (Lipinski definition) is 1. The molecule has 1 fully saturated rings. The van der Waals surface area contributed by atoms with Crippen molar-refractivity contribution in [3.63, 3.8) is 0 Å². The van der Waals surface area contributed by atoms with Crippen LogP contribution in [0.3, 0.4) is 0 Å². The fraction of sp³-hybridized carbons (Fsp3) is 0.500. The summed E-state index contributed by atoms with van der Waals surface area (Å²) in [4.78, 5) is 11.1. The number of ether oxygens (including phenoxy) is 1. The van der Waals surface area contributed by atoms with E-state index in [4.69, 9.17) is 10.5 Å². The zero-order chi connectivity index (χ0) is 20.1. The number of nitrogens with two attached hydrogens (primary N) is 1. The van der Waals surface area contributed by atoms with Gasteiger partial charge in [0.15, 0.2) is 5.16 Å². The zero-order valence-electron chi connectivity index (χ0n) is 15.1. The van der Waals surface area contributed by atoms with Gasteiger partial charge in [-0.15, -0.1) is 10.2 Å². The smallest absolute Gasteiger partial charge is 0.376 e. The number of carbonyl (C=O) groups is 1. The number of benzene rings is 1. The topological polar surface area (TPSA) is 83.0 Å². The molecule has 1 unspecified atom stereocenters. The summed E-state index contributed by atoms with van der Waals surface area (Å²) in [5.74, 6) is 0.523. The maximum absolute atomic E-state index is 12.9. The van der Waals surface area contributed by atoms with Gasteiger partial charge in [0, 0.05) is 25.2 Å². The molecular formula is C18H21F3N4O2S. The molecule has 10 heteroatoms. The Hall–Kier alpha value is -2.07. The van der Waals surface area contributed by atoms with E-state index < -0.39 is 17.6 Å². The van der Waals surface area contributed by atoms with Crippen LogP contribution in [0, 0.1) is 0 Å². The fourth-order valence-corrected chi connectivity index (χ4v) is 3.92. The Morgan fingerprint density at radius 1 is 1.36 bits per heavy atom. The molecule has 1 aliphatic rings. The lowest BCUT2D eigenvalue weighted by Gasteiger charge is -2.14. The molecule has 28 heavy (non-hydrogen) atoms. The highest BCUT2D eigenvalue weighted by Gasteiger charge is 2.30. The van der Waals surface area contributed by atoms with Crippen LogP contribution < -0.4 is 5.73 Å². The second-order valence-electron chi connectivity index (χ2n) is 6.60. The Morgan fingerprint density at radius 3 is 2.86 bits per heavy atom. The number of alkyl halides is 3. The number of rotatable bonds is 8. The molecule has 1 amide bonds. The number of carbonyl (C=O) groups excluding carboxylic acids is 1. The lowest BCUT2D eigenvalue weighted by Crippen LogP contribution is -2.19. The standard InChI is InChI=1S/C18H21F3N4O2S/c19-18(20,21)13-4-1-3-12(9-13)11-28-17-24-23-16(7-6-15(22)26)25(17)10-14-5-2-8-27-14/h1,3-4,9,14H,2,5-8,10-11H2,(H2,22,26). The maximum atomic E-state index is 12.9. The van der Waals surface area contributed by atoms with Crippen LogP contribution in [0.25, 0.3) is 0 Å². The van der Waals surface area contributed by atoms with E-state index in [0.29, 0.717) is 41.9 Å². The normalized spacial score (nSPS) is 17.2. The molecule has 1 atom stereocenters. The van der Waals surface area contributed by atoms with E-state index in [1.165, 1.54) is 17.8 Å². The van der Waals surface area contributed by atoms with Gasteiger partial charge >= 0.3 is 6.18 Å². The summed E-state index contributed by atoms with van der Waals surface area (Å²) < 4.78 is 46.2. The molecule has 2 N–H and O–H groups in total. The molecule has 1 saturated heterocycles. The van der Waals surface area contributed by atoms with Crippen LogP contribution in [0.1, 0.15) is 36.2 Å². The van der Waals surface area contributed by atoms with Gasteiger partial charge in [0.05, 0.1) is 18.2 Å². The van der Waals surface area contributed by atoms with E-state index in [2.05, 4.69) is 10.2 Å². The van der Waals surface area contributed by atoms with Crippen LogP contribution in [0.4, 0.5) is 13.2 Å². The van der Waals surface area contributed by atoms with E-state index >= 15 is 0 Å². The Bertz CT molecular complexity index is 819. The third-order valence-corrected chi connectivity index (χ3v) is 5.46. The first kappa shape index (κ1) is 20.7. The van der Waals surface area contributed by atoms with Crippen molar-refractivity contribution < 1.29 is 22.7 Å². The lowest BCUT2D eigenvalue weighted by atomic mass is 10.1. The molecule has 1 aromatic heterocycles. The lowest BCUT2D eigenvalue weighted by molar-refractivity contribution is -0.137. The summed E-state index contributed by atoms with van der Waals surface area (Å²) in [5, 5.41) is 8.91. The Labute approximate surface area is 164 Å². The maximum Gasteiger partial charge on any atom is 0.416 e. The van der Waals surface area contributed by atoms with Crippen molar-refractivity contribution in [1.29, 1.82) is 0 Å². The fourth-order valence-electron chi connectivity index (χ4n) is 3.01. The summed E-state index contributed by atoms with van der Waals surface area (Å²) in [6.45, 7) is 1.25. The monoisotopic (exact) mass is 414 g/mol. The first-order valence-electron chi connectivity index (χ1n) is 8.94. The first-order valence-corrected chi connectivity index (χ1v) is 9.92. The van der Waals surface area contributed by atoms with Crippen LogP contribution in [0.2, 0.25) is 0 Å². The first-order chi connectivity index (χ1) is 13.3. The zero-order valence-corrected chi connectivity index (χ0v) is 15.9. The number of primary amides is 1. The predicted octanol–water partition coefficient (Wildman–Crippen LogP) is 3.19. The van der Waals surface area contributed by atoms with Gasteiger partial charge in [-0.05, 0) is 24.5 Å². The van der Waals surface area contributed by atoms with Crippen molar-refractivity contribution in [2.45, 2.75) is 55.4 Å². The van der Waals surface area contributed by atoms with Crippen LogP contribution in [-0.4, -0.2) is 33.4 Å². The summed E-state index contributed by atoms with van der Waals surface area (Å²) >= 11 is 1.31. The number of amides is 1. The van der Waals surface area contributed by atoms with Gasteiger partial charge in [-0.25, -0.2) is 0 Å². The predicted molar refractivity (Wildman–Crippen MR) is 97.5 cm³/mol. The van der Waals surface area contributed by atoms with E-state index in [1.807, 2.05) is 4.57 Å². The van der Waals surface area contributed by atoms with Crippen LogP contribution >= 0.6 is 11.8 Å². The van der Waals surface area contributed by atoms with E-state index in [1.54, 1.807) is 6.07 Å². The number of aryl methyl sites for hydroxylation is 1. The molecule has 6 nitrogen and oxygen atoms in total. The average Bonchev–Trinajstić information content (AvgIpc) is 3.28. The second-order valence-corrected chi connectivity index (χ2v) is 7.54. The number of aromatic nitrogens is 3. The minimum atomic E-state index is -4.37. The molecule has 0 bridgehead atoms. The molecule has 0 aliphatic carbocycles. The summed E-state index contributed by atoms with van der Waals surface area (Å²) in [5.41, 5.74) is 5.10. The van der Waals surface area contributed by atoms with Crippen molar-refractivity contribution in [1.82, 2.24) is 14.8 Å². The van der Waals surface area contributed by atoms with E-state index in [9.17, 15) is 18.0 Å². The van der Waals surface area contributed by atoms with Gasteiger partial charge in [0.25, 0.3) is 0 Å². The Morgan fingerprint density at radius 2 is 2.18 bits per heavy atom. The molecule has 1 aliphatic heterocycles. The molecule has 0 radical (unpaired) electrons. The molecule has 1 aromatic carbocycles. The molecule has 0 spiro atoms. The molecule has 2 heterocycles. The van der Waals surface area contributed by atoms with Gasteiger partial charge in [-0.2, -0.15) is 13.2 Å². The minimum absolute atomic E-state index is 0.0382. The molecule has 3 rings (SSSR count). The third-order valence-electron chi connectivity index (χ3n) is 4.42. The molecule has 2 aromatic rings. The highest BCUT2D eigenvalue weighted by molar-refractivity contribution is 7.98. The SMILES string of the molecule is NC(=O)CCc1nnc(SCc2cccc(C(F)(F)F)c2)n1CC1CCCO1. The van der Waals surface area contributed by atoms with Gasteiger partial charge < -0.3 is 15.0 Å². The van der Waals surface area contributed by atoms with Gasteiger partial charge in [0.1, 0.15) is 5.82 Å². The van der Waals surface area contributed by atoms with Gasteiger partial charge in [-0.1, -0.05) is 30.0 Å². The number of nitrogens with zero attached hydrogens (tertiary/aromatic N) is 3. The average molecular weight is 414 g/mol. The van der Waals surface area contributed by atoms with Crippen molar-refractivity contribution in [2.24, 2.45) is 5.73 Å². The minimum Gasteiger partial charge on any atom is -0.376 e. The Kier molecular flexibility index (Phi) is 6.61. The third kappa shape index (κ3) is 5.48.